The van der Waals surface area contributed by atoms with Crippen LogP contribution in [0.1, 0.15) is 28.5 Å². The number of carbonyl (C=O) groups excluding carboxylic acids is 1. The number of para-hydroxylation sites is 2. The summed E-state index contributed by atoms with van der Waals surface area (Å²) in [5.74, 6) is 0.874. The van der Waals surface area contributed by atoms with E-state index in [0.717, 1.165) is 23.3 Å². The number of rotatable bonds is 2. The first-order valence-electron chi connectivity index (χ1n) is 8.09. The molecule has 0 bridgehead atoms. The van der Waals surface area contributed by atoms with Gasteiger partial charge in [-0.2, -0.15) is 0 Å². The second-order valence-corrected chi connectivity index (χ2v) is 6.26. The van der Waals surface area contributed by atoms with Crippen molar-refractivity contribution in [3.63, 3.8) is 0 Å². The molecule has 1 aliphatic heterocycles. The quantitative estimate of drug-likeness (QED) is 0.725. The van der Waals surface area contributed by atoms with Crippen molar-refractivity contribution in [1.29, 1.82) is 0 Å². The number of aromatic nitrogens is 2. The molecule has 4 rings (SSSR count). The highest BCUT2D eigenvalue weighted by atomic mass is 19.1. The lowest BCUT2D eigenvalue weighted by molar-refractivity contribution is 0.0790. The number of hydrogen-bond acceptors (Lipinski definition) is 2. The van der Waals surface area contributed by atoms with Crippen molar-refractivity contribution in [1.82, 2.24) is 14.5 Å². The van der Waals surface area contributed by atoms with Crippen LogP contribution in [0.25, 0.3) is 11.0 Å². The van der Waals surface area contributed by atoms with Crippen molar-refractivity contribution >= 4 is 16.9 Å². The summed E-state index contributed by atoms with van der Waals surface area (Å²) in [6.45, 7) is 1.34. The van der Waals surface area contributed by atoms with E-state index in [1.807, 2.05) is 30.1 Å². The molecule has 0 radical (unpaired) electrons. The van der Waals surface area contributed by atoms with Crippen molar-refractivity contribution in [2.75, 3.05) is 13.1 Å². The van der Waals surface area contributed by atoms with Crippen molar-refractivity contribution < 1.29 is 9.18 Å². The summed E-state index contributed by atoms with van der Waals surface area (Å²) in [7, 11) is 2.02. The maximum atomic E-state index is 13.0. The molecule has 0 aliphatic carbocycles. The minimum absolute atomic E-state index is 0.0451. The van der Waals surface area contributed by atoms with Crippen LogP contribution >= 0.6 is 0 Å². The molecule has 0 saturated carbocycles. The van der Waals surface area contributed by atoms with Gasteiger partial charge in [0.15, 0.2) is 0 Å². The molecule has 3 aromatic rings. The molecule has 5 heteroatoms. The Morgan fingerprint density at radius 1 is 1.17 bits per heavy atom. The summed E-state index contributed by atoms with van der Waals surface area (Å²) in [4.78, 5) is 19.1. The highest BCUT2D eigenvalue weighted by Crippen LogP contribution is 2.29. The first-order chi connectivity index (χ1) is 11.6. The highest BCUT2D eigenvalue weighted by molar-refractivity contribution is 5.94. The number of benzene rings is 2. The van der Waals surface area contributed by atoms with Gasteiger partial charge >= 0.3 is 0 Å². The summed E-state index contributed by atoms with van der Waals surface area (Å²) in [6.07, 6.45) is 0.893. The van der Waals surface area contributed by atoms with E-state index in [2.05, 4.69) is 10.6 Å². The topological polar surface area (TPSA) is 38.1 Å². The molecular formula is C19H18FN3O. The maximum absolute atomic E-state index is 13.0. The smallest absolute Gasteiger partial charge is 0.253 e. The maximum Gasteiger partial charge on any atom is 0.253 e. The molecule has 122 valence electrons. The Morgan fingerprint density at radius 2 is 1.92 bits per heavy atom. The molecule has 1 aromatic heterocycles. The lowest BCUT2D eigenvalue weighted by atomic mass is 10.1. The number of nitrogens with zero attached hydrogens (tertiary/aromatic N) is 3. The second kappa shape index (κ2) is 5.74. The van der Waals surface area contributed by atoms with Gasteiger partial charge < -0.3 is 9.47 Å². The first-order valence-corrected chi connectivity index (χ1v) is 8.09. The van der Waals surface area contributed by atoms with E-state index >= 15 is 0 Å². The third-order valence-electron chi connectivity index (χ3n) is 4.75. The van der Waals surface area contributed by atoms with Crippen LogP contribution in [0.4, 0.5) is 4.39 Å². The zero-order valence-corrected chi connectivity index (χ0v) is 13.4. The Morgan fingerprint density at radius 3 is 2.67 bits per heavy atom. The van der Waals surface area contributed by atoms with Gasteiger partial charge in [0.25, 0.3) is 5.91 Å². The van der Waals surface area contributed by atoms with Crippen molar-refractivity contribution in [2.24, 2.45) is 7.05 Å². The van der Waals surface area contributed by atoms with E-state index in [1.165, 1.54) is 12.1 Å². The van der Waals surface area contributed by atoms with E-state index in [9.17, 15) is 9.18 Å². The minimum Gasteiger partial charge on any atom is -0.338 e. The standard InChI is InChI=1S/C19H18FN3O/c1-22-17-5-3-2-4-16(17)21-18(22)14-10-11-23(12-14)19(24)13-6-8-15(20)9-7-13/h2-9,14H,10-12H2,1H3. The molecule has 0 N–H and O–H groups in total. The zero-order chi connectivity index (χ0) is 16.7. The normalized spacial score (nSPS) is 17.6. The molecule has 2 heterocycles. The SMILES string of the molecule is Cn1c(C2CCN(C(=O)c3ccc(F)cc3)C2)nc2ccccc21. The van der Waals surface area contributed by atoms with Gasteiger partial charge in [-0.25, -0.2) is 9.37 Å². The Bertz CT molecular complexity index is 901. The number of likely N-dealkylation sites (tertiary alicyclic amines) is 1. The van der Waals surface area contributed by atoms with Gasteiger partial charge in [-0.15, -0.1) is 0 Å². The van der Waals surface area contributed by atoms with Gasteiger partial charge in [-0.1, -0.05) is 12.1 Å². The largest absolute Gasteiger partial charge is 0.338 e. The number of halogens is 1. The monoisotopic (exact) mass is 323 g/mol. The lowest BCUT2D eigenvalue weighted by Gasteiger charge is -2.16. The van der Waals surface area contributed by atoms with Crippen LogP contribution < -0.4 is 0 Å². The van der Waals surface area contributed by atoms with E-state index in [1.54, 1.807) is 12.1 Å². The second-order valence-electron chi connectivity index (χ2n) is 6.26. The summed E-state index contributed by atoms with van der Waals surface area (Å²) < 4.78 is 15.1. The van der Waals surface area contributed by atoms with Crippen molar-refractivity contribution in [3.8, 4) is 0 Å². The van der Waals surface area contributed by atoms with E-state index in [4.69, 9.17) is 4.98 Å². The molecule has 24 heavy (non-hydrogen) atoms. The number of fused-ring (bicyclic) bond motifs is 1. The van der Waals surface area contributed by atoms with Crippen LogP contribution in [0.2, 0.25) is 0 Å². The lowest BCUT2D eigenvalue weighted by Crippen LogP contribution is -2.28. The molecule has 1 fully saturated rings. The zero-order valence-electron chi connectivity index (χ0n) is 13.4. The minimum atomic E-state index is -0.328. The molecule has 1 atom stereocenters. The molecule has 1 unspecified atom stereocenters. The Kier molecular flexibility index (Phi) is 3.56. The van der Waals surface area contributed by atoms with Crippen molar-refractivity contribution in [3.05, 3.63) is 65.7 Å². The van der Waals surface area contributed by atoms with E-state index in [0.29, 0.717) is 18.7 Å². The molecule has 1 aliphatic rings. The number of imidazole rings is 1. The summed E-state index contributed by atoms with van der Waals surface area (Å²) in [5.41, 5.74) is 2.62. The number of amides is 1. The van der Waals surface area contributed by atoms with Gasteiger partial charge in [0.05, 0.1) is 11.0 Å². The average molecular weight is 323 g/mol. The fourth-order valence-electron chi connectivity index (χ4n) is 3.46. The van der Waals surface area contributed by atoms with Crippen LogP contribution in [-0.4, -0.2) is 33.4 Å². The molecule has 1 saturated heterocycles. The molecular weight excluding hydrogens is 305 g/mol. The fraction of sp³-hybridized carbons (Fsp3) is 0.263. The third kappa shape index (κ3) is 2.46. The Hall–Kier alpha value is -2.69. The molecule has 1 amide bonds. The predicted molar refractivity (Wildman–Crippen MR) is 90.4 cm³/mol. The van der Waals surface area contributed by atoms with Crippen LogP contribution in [0, 0.1) is 5.82 Å². The Labute approximate surface area is 139 Å². The summed E-state index contributed by atoms with van der Waals surface area (Å²) in [5, 5.41) is 0. The Balaban J connectivity index is 1.56. The van der Waals surface area contributed by atoms with Crippen LogP contribution in [0.5, 0.6) is 0 Å². The van der Waals surface area contributed by atoms with Gasteiger partial charge in [0.2, 0.25) is 0 Å². The van der Waals surface area contributed by atoms with Gasteiger partial charge in [-0.3, -0.25) is 4.79 Å². The van der Waals surface area contributed by atoms with Crippen molar-refractivity contribution in [2.45, 2.75) is 12.3 Å². The highest BCUT2D eigenvalue weighted by Gasteiger charge is 2.30. The fourth-order valence-corrected chi connectivity index (χ4v) is 3.46. The number of aryl methyl sites for hydroxylation is 1. The van der Waals surface area contributed by atoms with Crippen LogP contribution in [0.15, 0.2) is 48.5 Å². The van der Waals surface area contributed by atoms with Gasteiger partial charge in [0.1, 0.15) is 11.6 Å². The van der Waals surface area contributed by atoms with Crippen LogP contribution in [0.3, 0.4) is 0 Å². The third-order valence-corrected chi connectivity index (χ3v) is 4.75. The van der Waals surface area contributed by atoms with E-state index < -0.39 is 0 Å². The number of carbonyl (C=O) groups is 1. The molecule has 4 nitrogen and oxygen atoms in total. The average Bonchev–Trinajstić information content (AvgIpc) is 3.20. The predicted octanol–water partition coefficient (Wildman–Crippen LogP) is 3.34. The molecule has 2 aromatic carbocycles. The summed E-state index contributed by atoms with van der Waals surface area (Å²) >= 11 is 0. The van der Waals surface area contributed by atoms with Gasteiger partial charge in [-0.05, 0) is 42.8 Å². The van der Waals surface area contributed by atoms with Gasteiger partial charge in [0, 0.05) is 31.6 Å². The number of hydrogen-bond donors (Lipinski definition) is 0. The first kappa shape index (κ1) is 14.9. The van der Waals surface area contributed by atoms with Crippen LogP contribution in [-0.2, 0) is 7.05 Å². The molecule has 0 spiro atoms. The summed E-state index contributed by atoms with van der Waals surface area (Å²) in [6, 6.07) is 13.8. The van der Waals surface area contributed by atoms with E-state index in [-0.39, 0.29) is 17.6 Å².